The van der Waals surface area contributed by atoms with E-state index in [0.717, 1.165) is 31.8 Å². The van der Waals surface area contributed by atoms with Crippen LogP contribution in [0.25, 0.3) is 0 Å². The van der Waals surface area contributed by atoms with Gasteiger partial charge in [-0.25, -0.2) is 0 Å². The summed E-state index contributed by atoms with van der Waals surface area (Å²) in [6.07, 6.45) is 3.41. The first-order valence-electron chi connectivity index (χ1n) is 5.38. The van der Waals surface area contributed by atoms with Gasteiger partial charge in [-0.15, -0.1) is 0 Å². The van der Waals surface area contributed by atoms with E-state index >= 15 is 0 Å². The van der Waals surface area contributed by atoms with Gasteiger partial charge < -0.3 is 4.90 Å². The lowest BCUT2D eigenvalue weighted by Crippen LogP contribution is -2.36. The third-order valence-corrected chi connectivity index (χ3v) is 3.04. The van der Waals surface area contributed by atoms with Gasteiger partial charge in [-0.05, 0) is 31.8 Å². The standard InChI is InChI=1S/C11H20N2/c1-3-10(2)9-13-6-4-11(8-12)5-7-13/h10-11H,3-7,9H2,1-2H3. The van der Waals surface area contributed by atoms with E-state index in [1.807, 2.05) is 0 Å². The normalized spacial score (nSPS) is 22.5. The quantitative estimate of drug-likeness (QED) is 0.666. The largest absolute Gasteiger partial charge is 0.303 e. The van der Waals surface area contributed by atoms with Crippen LogP contribution in [0.4, 0.5) is 0 Å². The Balaban J connectivity index is 2.22. The van der Waals surface area contributed by atoms with Crippen LogP contribution in [0.3, 0.4) is 0 Å². The van der Waals surface area contributed by atoms with E-state index in [2.05, 4.69) is 24.8 Å². The van der Waals surface area contributed by atoms with E-state index in [-0.39, 0.29) is 0 Å². The summed E-state index contributed by atoms with van der Waals surface area (Å²) in [5.74, 6) is 1.13. The van der Waals surface area contributed by atoms with Crippen LogP contribution >= 0.6 is 0 Å². The van der Waals surface area contributed by atoms with Gasteiger partial charge in [0.1, 0.15) is 0 Å². The summed E-state index contributed by atoms with van der Waals surface area (Å²) in [5.41, 5.74) is 0. The topological polar surface area (TPSA) is 27.0 Å². The van der Waals surface area contributed by atoms with E-state index in [9.17, 15) is 0 Å². The molecule has 1 aliphatic heterocycles. The van der Waals surface area contributed by atoms with Crippen LogP contribution in [0, 0.1) is 23.2 Å². The van der Waals surface area contributed by atoms with Gasteiger partial charge in [-0.2, -0.15) is 5.26 Å². The summed E-state index contributed by atoms with van der Waals surface area (Å²) in [5, 5.41) is 8.74. The molecule has 0 saturated carbocycles. The molecule has 74 valence electrons. The van der Waals surface area contributed by atoms with E-state index in [1.165, 1.54) is 13.0 Å². The van der Waals surface area contributed by atoms with Gasteiger partial charge in [0.25, 0.3) is 0 Å². The van der Waals surface area contributed by atoms with Crippen molar-refractivity contribution in [2.45, 2.75) is 33.1 Å². The van der Waals surface area contributed by atoms with Crippen LogP contribution in [0.2, 0.25) is 0 Å². The summed E-state index contributed by atoms with van der Waals surface area (Å²) in [6.45, 7) is 8.02. The molecule has 2 heteroatoms. The summed E-state index contributed by atoms with van der Waals surface area (Å²) < 4.78 is 0. The Hall–Kier alpha value is -0.550. The van der Waals surface area contributed by atoms with Crippen molar-refractivity contribution in [3.05, 3.63) is 0 Å². The van der Waals surface area contributed by atoms with Crippen molar-refractivity contribution in [2.75, 3.05) is 19.6 Å². The third-order valence-electron chi connectivity index (χ3n) is 3.04. The molecule has 0 aromatic rings. The summed E-state index contributed by atoms with van der Waals surface area (Å²) in [7, 11) is 0. The first-order valence-corrected chi connectivity index (χ1v) is 5.38. The third kappa shape index (κ3) is 3.36. The van der Waals surface area contributed by atoms with E-state index in [1.54, 1.807) is 0 Å². The molecule has 1 heterocycles. The zero-order valence-electron chi connectivity index (χ0n) is 8.79. The highest BCUT2D eigenvalue weighted by atomic mass is 15.1. The second kappa shape index (κ2) is 5.24. The van der Waals surface area contributed by atoms with Crippen molar-refractivity contribution in [1.29, 1.82) is 5.26 Å². The zero-order valence-corrected chi connectivity index (χ0v) is 8.79. The highest BCUT2D eigenvalue weighted by molar-refractivity contribution is 4.87. The maximum absolute atomic E-state index is 8.74. The van der Waals surface area contributed by atoms with Crippen molar-refractivity contribution in [2.24, 2.45) is 11.8 Å². The fourth-order valence-corrected chi connectivity index (χ4v) is 1.81. The van der Waals surface area contributed by atoms with Crippen molar-refractivity contribution in [1.82, 2.24) is 4.90 Å². The maximum Gasteiger partial charge on any atom is 0.0656 e. The lowest BCUT2D eigenvalue weighted by molar-refractivity contribution is 0.180. The Morgan fingerprint density at radius 2 is 2.08 bits per heavy atom. The van der Waals surface area contributed by atoms with Gasteiger partial charge in [0.2, 0.25) is 0 Å². The van der Waals surface area contributed by atoms with Gasteiger partial charge >= 0.3 is 0 Å². The average Bonchev–Trinajstić information content (AvgIpc) is 2.19. The molecule has 13 heavy (non-hydrogen) atoms. The van der Waals surface area contributed by atoms with Gasteiger partial charge in [0, 0.05) is 12.5 Å². The number of nitrogens with zero attached hydrogens (tertiary/aromatic N) is 2. The minimum Gasteiger partial charge on any atom is -0.303 e. The molecule has 0 aromatic carbocycles. The molecule has 0 spiro atoms. The zero-order chi connectivity index (χ0) is 9.68. The monoisotopic (exact) mass is 180 g/mol. The molecule has 0 N–H and O–H groups in total. The number of hydrogen-bond acceptors (Lipinski definition) is 2. The number of hydrogen-bond donors (Lipinski definition) is 0. The molecule has 0 radical (unpaired) electrons. The Kier molecular flexibility index (Phi) is 4.24. The number of piperidine rings is 1. The second-order valence-corrected chi connectivity index (χ2v) is 4.22. The molecule has 1 fully saturated rings. The lowest BCUT2D eigenvalue weighted by Gasteiger charge is -2.30. The Morgan fingerprint density at radius 1 is 1.46 bits per heavy atom. The fourth-order valence-electron chi connectivity index (χ4n) is 1.81. The number of nitriles is 1. The molecule has 2 nitrogen and oxygen atoms in total. The van der Waals surface area contributed by atoms with Gasteiger partial charge in [-0.1, -0.05) is 20.3 Å². The molecule has 1 unspecified atom stereocenters. The lowest BCUT2D eigenvalue weighted by atomic mass is 9.97. The molecule has 0 aromatic heterocycles. The van der Waals surface area contributed by atoms with Crippen LogP contribution in [0.15, 0.2) is 0 Å². The van der Waals surface area contributed by atoms with E-state index < -0.39 is 0 Å². The minimum atomic E-state index is 0.327. The maximum atomic E-state index is 8.74. The Bertz CT molecular complexity index is 175. The Labute approximate surface area is 81.5 Å². The van der Waals surface area contributed by atoms with Crippen LogP contribution in [-0.2, 0) is 0 Å². The highest BCUT2D eigenvalue weighted by Gasteiger charge is 2.19. The van der Waals surface area contributed by atoms with E-state index in [4.69, 9.17) is 5.26 Å². The SMILES string of the molecule is CCC(C)CN1CCC(C#N)CC1. The summed E-state index contributed by atoms with van der Waals surface area (Å²) in [6, 6.07) is 2.37. The molecular weight excluding hydrogens is 160 g/mol. The molecule has 0 amide bonds. The van der Waals surface area contributed by atoms with Crippen LogP contribution in [0.1, 0.15) is 33.1 Å². The first-order chi connectivity index (χ1) is 6.26. The van der Waals surface area contributed by atoms with Crippen molar-refractivity contribution < 1.29 is 0 Å². The minimum absolute atomic E-state index is 0.327. The predicted octanol–water partition coefficient (Wildman–Crippen LogP) is 2.27. The molecule has 1 atom stereocenters. The summed E-state index contributed by atoms with van der Waals surface area (Å²) >= 11 is 0. The van der Waals surface area contributed by atoms with Gasteiger partial charge in [-0.3, -0.25) is 0 Å². The van der Waals surface area contributed by atoms with Crippen molar-refractivity contribution in [3.8, 4) is 6.07 Å². The van der Waals surface area contributed by atoms with Crippen LogP contribution in [-0.4, -0.2) is 24.5 Å². The first kappa shape index (κ1) is 10.5. The Morgan fingerprint density at radius 3 is 2.54 bits per heavy atom. The fraction of sp³-hybridized carbons (Fsp3) is 0.909. The molecule has 1 aliphatic rings. The van der Waals surface area contributed by atoms with Gasteiger partial charge in [0.05, 0.1) is 6.07 Å². The van der Waals surface area contributed by atoms with Crippen molar-refractivity contribution in [3.63, 3.8) is 0 Å². The second-order valence-electron chi connectivity index (χ2n) is 4.22. The van der Waals surface area contributed by atoms with E-state index in [0.29, 0.717) is 5.92 Å². The highest BCUT2D eigenvalue weighted by Crippen LogP contribution is 2.17. The predicted molar refractivity (Wildman–Crippen MR) is 54.2 cm³/mol. The number of likely N-dealkylation sites (tertiary alicyclic amines) is 1. The molecular formula is C11H20N2. The molecule has 1 rings (SSSR count). The van der Waals surface area contributed by atoms with Gasteiger partial charge in [0.15, 0.2) is 0 Å². The van der Waals surface area contributed by atoms with Crippen LogP contribution in [0.5, 0.6) is 0 Å². The smallest absolute Gasteiger partial charge is 0.0656 e. The van der Waals surface area contributed by atoms with Crippen LogP contribution < -0.4 is 0 Å². The number of rotatable bonds is 3. The average molecular weight is 180 g/mol. The molecule has 0 aliphatic carbocycles. The summed E-state index contributed by atoms with van der Waals surface area (Å²) in [4.78, 5) is 2.50. The van der Waals surface area contributed by atoms with Crippen molar-refractivity contribution >= 4 is 0 Å². The molecule has 1 saturated heterocycles. The molecule has 0 bridgehead atoms.